The number of rotatable bonds is 15. The summed E-state index contributed by atoms with van der Waals surface area (Å²) in [6.07, 6.45) is 2.13. The Balaban J connectivity index is 0.000000182. The van der Waals surface area contributed by atoms with E-state index in [2.05, 4.69) is 144 Å². The van der Waals surface area contributed by atoms with Crippen molar-refractivity contribution in [3.05, 3.63) is 160 Å². The molecule has 6 aromatic rings. The Morgan fingerprint density at radius 3 is 1.16 bits per heavy atom. The van der Waals surface area contributed by atoms with Crippen LogP contribution in [0.3, 0.4) is 0 Å². The number of benzene rings is 6. The van der Waals surface area contributed by atoms with E-state index >= 15 is 0 Å². The minimum atomic E-state index is 0.814. The summed E-state index contributed by atoms with van der Waals surface area (Å²) >= 11 is 13.2. The molecule has 2 N–H and O–H groups in total. The van der Waals surface area contributed by atoms with Gasteiger partial charge >= 0.3 is 0 Å². The van der Waals surface area contributed by atoms with Crippen LogP contribution in [0.1, 0.15) is 38.9 Å². The van der Waals surface area contributed by atoms with Gasteiger partial charge in [-0.25, -0.2) is 0 Å². The molecule has 0 aromatic heterocycles. The Labute approximate surface area is 427 Å². The first kappa shape index (κ1) is 54.1. The summed E-state index contributed by atoms with van der Waals surface area (Å²) in [7, 11) is 6.77. The Hall–Kier alpha value is -3.88. The average molecular weight is 1040 g/mol. The molecule has 12 heteroatoms. The summed E-state index contributed by atoms with van der Waals surface area (Å²) in [6, 6.07) is 42.1. The third-order valence-electron chi connectivity index (χ3n) is 11.2. The van der Waals surface area contributed by atoms with E-state index < -0.39 is 0 Å². The molecule has 0 saturated heterocycles. The van der Waals surface area contributed by atoms with Crippen LogP contribution in [0.25, 0.3) is 0 Å². The quantitative estimate of drug-likeness (QED) is 0.0450. The lowest BCUT2D eigenvalue weighted by Gasteiger charge is -2.29. The zero-order chi connectivity index (χ0) is 48.0. The highest BCUT2D eigenvalue weighted by Crippen LogP contribution is 2.35. The second-order valence-electron chi connectivity index (χ2n) is 16.3. The number of thioether (sulfide) groups is 3. The van der Waals surface area contributed by atoms with Gasteiger partial charge in [0.25, 0.3) is 0 Å². The molecule has 2 aliphatic rings. The molecule has 7 nitrogen and oxygen atoms in total. The summed E-state index contributed by atoms with van der Waals surface area (Å²) < 4.78 is 21.7. The Morgan fingerprint density at radius 2 is 0.821 bits per heavy atom. The van der Waals surface area contributed by atoms with Gasteiger partial charge in [0.05, 0.1) is 28.4 Å². The van der Waals surface area contributed by atoms with Crippen molar-refractivity contribution in [3.8, 4) is 23.0 Å². The van der Waals surface area contributed by atoms with E-state index in [-0.39, 0.29) is 0 Å². The summed E-state index contributed by atoms with van der Waals surface area (Å²) in [4.78, 5) is 10.0. The first-order valence-corrected chi connectivity index (χ1v) is 27.1. The van der Waals surface area contributed by atoms with Gasteiger partial charge in [-0.3, -0.25) is 9.80 Å². The molecule has 0 saturated carbocycles. The normalized spacial score (nSPS) is 13.0. The molecular weight excluding hydrogens is 975 g/mol. The number of nitrogen functional groups attached to an aromatic ring is 1. The van der Waals surface area contributed by atoms with E-state index in [0.717, 1.165) is 108 Å². The van der Waals surface area contributed by atoms with Crippen molar-refractivity contribution in [1.82, 2.24) is 9.80 Å². The smallest absolute Gasteiger partial charge is 0.161 e. The Morgan fingerprint density at radius 1 is 0.493 bits per heavy atom. The van der Waals surface area contributed by atoms with Crippen molar-refractivity contribution in [2.45, 2.75) is 66.3 Å². The zero-order valence-electron chi connectivity index (χ0n) is 40.2. The second kappa shape index (κ2) is 29.2. The lowest BCUT2D eigenvalue weighted by molar-refractivity contribution is 0.268. The van der Waals surface area contributed by atoms with Crippen LogP contribution in [0.5, 0.6) is 23.0 Å². The topological polar surface area (TPSA) is 69.4 Å². The van der Waals surface area contributed by atoms with Gasteiger partial charge in [-0.05, 0) is 141 Å². The number of aryl methyl sites for hydroxylation is 3. The van der Waals surface area contributed by atoms with Crippen molar-refractivity contribution < 1.29 is 18.9 Å². The van der Waals surface area contributed by atoms with Gasteiger partial charge < -0.3 is 24.7 Å². The monoisotopic (exact) mass is 1040 g/mol. The van der Waals surface area contributed by atoms with E-state index in [1.54, 1.807) is 28.4 Å². The molecular formula is C55H68BrN3O4S4. The van der Waals surface area contributed by atoms with E-state index in [4.69, 9.17) is 24.7 Å². The molecule has 0 amide bonds. The molecule has 0 unspecified atom stereocenters. The molecule has 358 valence electrons. The van der Waals surface area contributed by atoms with Crippen LogP contribution in [0.15, 0.2) is 141 Å². The first-order chi connectivity index (χ1) is 32.5. The largest absolute Gasteiger partial charge is 0.493 e. The van der Waals surface area contributed by atoms with Crippen LogP contribution < -0.4 is 24.7 Å². The van der Waals surface area contributed by atoms with Gasteiger partial charge in [0.2, 0.25) is 0 Å². The van der Waals surface area contributed by atoms with Gasteiger partial charge in [0.15, 0.2) is 23.0 Å². The molecule has 67 heavy (non-hydrogen) atoms. The second-order valence-corrected chi connectivity index (χ2v) is 21.1. The molecule has 8 rings (SSSR count). The fraction of sp³-hybridized carbons (Fsp3) is 0.345. The molecule has 0 aliphatic carbocycles. The maximum absolute atomic E-state index is 5.73. The van der Waals surface area contributed by atoms with E-state index in [1.807, 2.05) is 71.7 Å². The molecule has 6 aromatic carbocycles. The van der Waals surface area contributed by atoms with E-state index in [0.29, 0.717) is 0 Å². The van der Waals surface area contributed by atoms with Gasteiger partial charge in [0.1, 0.15) is 0 Å². The van der Waals surface area contributed by atoms with Crippen LogP contribution in [0.4, 0.5) is 5.69 Å². The van der Waals surface area contributed by atoms with E-state index in [1.165, 1.54) is 53.6 Å². The number of nitrogens with zero attached hydrogens (tertiary/aromatic N) is 2. The third-order valence-corrected chi connectivity index (χ3v) is 15.5. The number of fused-ring (bicyclic) bond motifs is 2. The van der Waals surface area contributed by atoms with Gasteiger partial charge in [-0.1, -0.05) is 69.0 Å². The van der Waals surface area contributed by atoms with E-state index in [9.17, 15) is 0 Å². The number of thiol groups is 1. The fourth-order valence-corrected chi connectivity index (χ4v) is 10.5. The highest BCUT2D eigenvalue weighted by molar-refractivity contribution is 9.09. The number of methoxy groups -OCH3 is 4. The van der Waals surface area contributed by atoms with Crippen LogP contribution >= 0.6 is 63.8 Å². The van der Waals surface area contributed by atoms with Crippen molar-refractivity contribution in [3.63, 3.8) is 0 Å². The number of halogens is 1. The molecule has 0 fully saturated rings. The van der Waals surface area contributed by atoms with Crippen LogP contribution in [0.2, 0.25) is 0 Å². The Bertz CT molecular complexity index is 2230. The third kappa shape index (κ3) is 18.5. The zero-order valence-corrected chi connectivity index (χ0v) is 45.1. The Kier molecular flexibility index (Phi) is 23.6. The first-order valence-electron chi connectivity index (χ1n) is 22.6. The number of alkyl halides is 1. The standard InChI is InChI=1S/C20H25NO2S.C19H24N2O2S.C9H11BrS.C7H8S/c1-15-4-6-18(7-5-15)24-11-10-21-9-8-16-12-19(22-2)20(23-3)13-17(16)14-21;1-22-18-11-14-7-8-21(13-15(14)12-19(18)23-2)9-10-24-17-5-3-16(20)4-6-17;1-8-2-4-9(5-3-8)11-7-6-10;1-6-2-4-7(8)5-3-6/h4-7,12-13H,8-11,14H2,1-3H3;3-6,11-12H,7-10,13,20H2,1-2H3;2-5H,6-7H2,1H3;2-5,8H,1H3. The maximum atomic E-state index is 5.73. The number of ether oxygens (including phenoxy) is 4. The highest BCUT2D eigenvalue weighted by atomic mass is 79.9. The predicted molar refractivity (Wildman–Crippen MR) is 295 cm³/mol. The van der Waals surface area contributed by atoms with Gasteiger partial charge in [-0.15, -0.1) is 47.9 Å². The summed E-state index contributed by atoms with van der Waals surface area (Å²) in [5.41, 5.74) is 15.9. The lowest BCUT2D eigenvalue weighted by atomic mass is 9.99. The van der Waals surface area contributed by atoms with Crippen molar-refractivity contribution in [2.75, 3.05) is 82.9 Å². The lowest BCUT2D eigenvalue weighted by Crippen LogP contribution is -2.32. The average Bonchev–Trinajstić information content (AvgIpc) is 3.35. The number of hydrogen-bond acceptors (Lipinski definition) is 11. The summed E-state index contributed by atoms with van der Waals surface area (Å²) in [5.74, 6) is 6.63. The SMILES string of the molecule is COc1cc2c(cc1OC)CN(CCSc1ccc(C)cc1)CC2.COc1cc2c(cc1OC)CN(CCSc1ccc(N)cc1)CC2.Cc1ccc(S)cc1.Cc1ccc(SCCBr)cc1. The fourth-order valence-electron chi connectivity index (χ4n) is 7.38. The molecule has 0 atom stereocenters. The summed E-state index contributed by atoms with van der Waals surface area (Å²) in [5, 5.41) is 1.06. The molecule has 2 heterocycles. The van der Waals surface area contributed by atoms with Crippen LogP contribution in [-0.2, 0) is 25.9 Å². The number of hydrogen-bond donors (Lipinski definition) is 2. The highest BCUT2D eigenvalue weighted by Gasteiger charge is 2.20. The summed E-state index contributed by atoms with van der Waals surface area (Å²) in [6.45, 7) is 12.6. The van der Waals surface area contributed by atoms with Crippen molar-refractivity contribution >= 4 is 69.5 Å². The number of anilines is 1. The molecule has 0 spiro atoms. The van der Waals surface area contributed by atoms with Crippen molar-refractivity contribution in [1.29, 1.82) is 0 Å². The minimum absolute atomic E-state index is 0.814. The minimum Gasteiger partial charge on any atom is -0.493 e. The van der Waals surface area contributed by atoms with Crippen LogP contribution in [-0.4, -0.2) is 87.0 Å². The maximum Gasteiger partial charge on any atom is 0.161 e. The molecule has 0 bridgehead atoms. The van der Waals surface area contributed by atoms with Crippen molar-refractivity contribution in [2.24, 2.45) is 0 Å². The molecule has 2 aliphatic heterocycles. The van der Waals surface area contributed by atoms with Gasteiger partial charge in [0, 0.05) is 87.1 Å². The molecule has 0 radical (unpaired) electrons. The van der Waals surface area contributed by atoms with Crippen LogP contribution in [0, 0.1) is 20.8 Å². The predicted octanol–water partition coefficient (Wildman–Crippen LogP) is 13.4. The van der Waals surface area contributed by atoms with Gasteiger partial charge in [-0.2, -0.15) is 0 Å². The number of nitrogens with two attached hydrogens (primary N) is 1.